The van der Waals surface area contributed by atoms with E-state index >= 15 is 0 Å². The normalized spacial score (nSPS) is 12.2. The average Bonchev–Trinajstić information content (AvgIpc) is 2.49. The molecule has 0 spiro atoms. The quantitative estimate of drug-likeness (QED) is 0.905. The van der Waals surface area contributed by atoms with Crippen LogP contribution < -0.4 is 10.1 Å². The number of methoxy groups -OCH3 is 1. The highest BCUT2D eigenvalue weighted by Crippen LogP contribution is 2.26. The Morgan fingerprint density at radius 2 is 1.95 bits per heavy atom. The Hall–Kier alpha value is -1.94. The molecule has 0 bridgehead atoms. The van der Waals surface area contributed by atoms with E-state index in [1.54, 1.807) is 13.2 Å². The van der Waals surface area contributed by atoms with Gasteiger partial charge in [-0.05, 0) is 55.3 Å². The van der Waals surface area contributed by atoms with Crippen LogP contribution >= 0.6 is 0 Å². The zero-order chi connectivity index (χ0) is 15.4. The predicted molar refractivity (Wildman–Crippen MR) is 79.6 cm³/mol. The van der Waals surface area contributed by atoms with Crippen molar-refractivity contribution >= 4 is 0 Å². The summed E-state index contributed by atoms with van der Waals surface area (Å²) in [4.78, 5) is 0. The number of hydrogen-bond donors (Lipinski definition) is 1. The van der Waals surface area contributed by atoms with Gasteiger partial charge in [0, 0.05) is 6.04 Å². The third-order valence-corrected chi connectivity index (χ3v) is 3.66. The van der Waals surface area contributed by atoms with Crippen molar-refractivity contribution in [1.29, 1.82) is 0 Å². The molecular formula is C17H19F2NO. The molecule has 1 N–H and O–H groups in total. The van der Waals surface area contributed by atoms with Crippen molar-refractivity contribution in [1.82, 2.24) is 5.32 Å². The third-order valence-electron chi connectivity index (χ3n) is 3.66. The summed E-state index contributed by atoms with van der Waals surface area (Å²) < 4.78 is 32.3. The lowest BCUT2D eigenvalue weighted by molar-refractivity contribution is 0.414. The van der Waals surface area contributed by atoms with E-state index in [1.807, 2.05) is 32.2 Å². The van der Waals surface area contributed by atoms with Gasteiger partial charge in [0.05, 0.1) is 7.11 Å². The molecule has 0 fully saturated rings. The van der Waals surface area contributed by atoms with Crippen LogP contribution in [0.15, 0.2) is 36.4 Å². The van der Waals surface area contributed by atoms with E-state index in [9.17, 15) is 8.78 Å². The Labute approximate surface area is 123 Å². The van der Waals surface area contributed by atoms with Gasteiger partial charge in [0.25, 0.3) is 0 Å². The van der Waals surface area contributed by atoms with Crippen LogP contribution in [0, 0.1) is 18.6 Å². The third kappa shape index (κ3) is 3.39. The molecular weight excluding hydrogens is 272 g/mol. The van der Waals surface area contributed by atoms with Gasteiger partial charge in [0.1, 0.15) is 5.75 Å². The van der Waals surface area contributed by atoms with Gasteiger partial charge in [-0.15, -0.1) is 0 Å². The summed E-state index contributed by atoms with van der Waals surface area (Å²) in [5.41, 5.74) is 2.46. The van der Waals surface area contributed by atoms with Crippen molar-refractivity contribution < 1.29 is 13.5 Å². The molecule has 2 aromatic carbocycles. The molecule has 0 amide bonds. The van der Waals surface area contributed by atoms with Gasteiger partial charge >= 0.3 is 0 Å². The molecule has 0 heterocycles. The zero-order valence-corrected chi connectivity index (χ0v) is 12.4. The Morgan fingerprint density at radius 3 is 2.57 bits per heavy atom. The molecule has 2 rings (SSSR count). The van der Waals surface area contributed by atoms with Crippen molar-refractivity contribution in [3.8, 4) is 5.75 Å². The SMILES string of the molecule is CNC(Cc1cccc(F)c1F)c1ccc(OC)cc1C. The van der Waals surface area contributed by atoms with Gasteiger partial charge in [-0.1, -0.05) is 18.2 Å². The highest BCUT2D eigenvalue weighted by atomic mass is 19.2. The predicted octanol–water partition coefficient (Wildman–Crippen LogP) is 3.79. The minimum Gasteiger partial charge on any atom is -0.497 e. The standard InChI is InChI=1S/C17H19F2NO/c1-11-9-13(21-3)7-8-14(11)16(20-2)10-12-5-4-6-15(18)17(12)19/h4-9,16,20H,10H2,1-3H3. The van der Waals surface area contributed by atoms with E-state index in [1.165, 1.54) is 6.07 Å². The molecule has 0 aliphatic rings. The van der Waals surface area contributed by atoms with Gasteiger partial charge in [-0.3, -0.25) is 0 Å². The summed E-state index contributed by atoms with van der Waals surface area (Å²) >= 11 is 0. The van der Waals surface area contributed by atoms with E-state index in [0.717, 1.165) is 22.9 Å². The minimum absolute atomic E-state index is 0.0905. The smallest absolute Gasteiger partial charge is 0.162 e. The molecule has 0 aliphatic carbocycles. The minimum atomic E-state index is -0.811. The first-order valence-corrected chi connectivity index (χ1v) is 6.81. The molecule has 4 heteroatoms. The molecule has 1 unspecified atom stereocenters. The summed E-state index contributed by atoms with van der Waals surface area (Å²) in [7, 11) is 3.43. The lowest BCUT2D eigenvalue weighted by atomic mass is 9.95. The van der Waals surface area contributed by atoms with E-state index in [-0.39, 0.29) is 6.04 Å². The number of benzene rings is 2. The second-order valence-electron chi connectivity index (χ2n) is 4.98. The van der Waals surface area contributed by atoms with Crippen LogP contribution in [0.25, 0.3) is 0 Å². The molecule has 0 aliphatic heterocycles. The van der Waals surface area contributed by atoms with E-state index < -0.39 is 11.6 Å². The Kier molecular flexibility index (Phi) is 4.91. The summed E-state index contributed by atoms with van der Waals surface area (Å²) in [5.74, 6) is -0.805. The lowest BCUT2D eigenvalue weighted by Gasteiger charge is -2.20. The molecule has 0 aromatic heterocycles. The number of rotatable bonds is 5. The molecule has 1 atom stereocenters. The molecule has 112 valence electrons. The maximum absolute atomic E-state index is 13.8. The fourth-order valence-electron chi connectivity index (χ4n) is 2.46. The van der Waals surface area contributed by atoms with Crippen LogP contribution in [-0.2, 0) is 6.42 Å². The molecule has 21 heavy (non-hydrogen) atoms. The van der Waals surface area contributed by atoms with Crippen molar-refractivity contribution in [3.63, 3.8) is 0 Å². The highest BCUT2D eigenvalue weighted by Gasteiger charge is 2.16. The number of likely N-dealkylation sites (N-methyl/N-ethyl adjacent to an activating group) is 1. The maximum atomic E-state index is 13.8. The van der Waals surface area contributed by atoms with Crippen LogP contribution in [0.1, 0.15) is 22.7 Å². The first-order valence-electron chi connectivity index (χ1n) is 6.81. The average molecular weight is 291 g/mol. The fourth-order valence-corrected chi connectivity index (χ4v) is 2.46. The van der Waals surface area contributed by atoms with Crippen LogP contribution in [0.3, 0.4) is 0 Å². The first-order chi connectivity index (χ1) is 10.1. The van der Waals surface area contributed by atoms with Crippen LogP contribution in [-0.4, -0.2) is 14.2 Å². The molecule has 0 saturated heterocycles. The zero-order valence-electron chi connectivity index (χ0n) is 12.4. The monoisotopic (exact) mass is 291 g/mol. The molecule has 2 nitrogen and oxygen atoms in total. The van der Waals surface area contributed by atoms with Crippen LogP contribution in [0.2, 0.25) is 0 Å². The van der Waals surface area contributed by atoms with E-state index in [0.29, 0.717) is 12.0 Å². The van der Waals surface area contributed by atoms with E-state index in [4.69, 9.17) is 4.74 Å². The van der Waals surface area contributed by atoms with Crippen LogP contribution in [0.5, 0.6) is 5.75 Å². The van der Waals surface area contributed by atoms with Gasteiger partial charge in [-0.2, -0.15) is 0 Å². The second kappa shape index (κ2) is 6.68. The van der Waals surface area contributed by atoms with Crippen molar-refractivity contribution in [3.05, 3.63) is 64.7 Å². The van der Waals surface area contributed by atoms with Crippen molar-refractivity contribution in [2.45, 2.75) is 19.4 Å². The number of ether oxygens (including phenoxy) is 1. The largest absolute Gasteiger partial charge is 0.497 e. The topological polar surface area (TPSA) is 21.3 Å². The summed E-state index contributed by atoms with van der Waals surface area (Å²) in [6, 6.07) is 9.93. The Balaban J connectivity index is 2.30. The van der Waals surface area contributed by atoms with Gasteiger partial charge in [-0.25, -0.2) is 8.78 Å². The summed E-state index contributed by atoms with van der Waals surface area (Å²) in [5, 5.41) is 3.16. The molecule has 0 saturated carbocycles. The number of nitrogens with one attached hydrogen (secondary N) is 1. The maximum Gasteiger partial charge on any atom is 0.162 e. The molecule has 2 aromatic rings. The summed E-state index contributed by atoms with van der Waals surface area (Å²) in [6.07, 6.45) is 0.382. The first kappa shape index (κ1) is 15.4. The number of hydrogen-bond acceptors (Lipinski definition) is 2. The van der Waals surface area contributed by atoms with E-state index in [2.05, 4.69) is 5.32 Å². The van der Waals surface area contributed by atoms with Crippen molar-refractivity contribution in [2.24, 2.45) is 0 Å². The van der Waals surface area contributed by atoms with Crippen LogP contribution in [0.4, 0.5) is 8.78 Å². The van der Waals surface area contributed by atoms with Gasteiger partial charge in [0.15, 0.2) is 11.6 Å². The Bertz CT molecular complexity index is 628. The van der Waals surface area contributed by atoms with Gasteiger partial charge < -0.3 is 10.1 Å². The van der Waals surface area contributed by atoms with Gasteiger partial charge in [0.2, 0.25) is 0 Å². The number of aryl methyl sites for hydroxylation is 1. The lowest BCUT2D eigenvalue weighted by Crippen LogP contribution is -2.20. The fraction of sp³-hybridized carbons (Fsp3) is 0.294. The highest BCUT2D eigenvalue weighted by molar-refractivity contribution is 5.37. The second-order valence-corrected chi connectivity index (χ2v) is 4.98. The van der Waals surface area contributed by atoms with Crippen molar-refractivity contribution in [2.75, 3.05) is 14.2 Å². The summed E-state index contributed by atoms with van der Waals surface area (Å²) in [6.45, 7) is 1.98. The molecule has 0 radical (unpaired) electrons. The number of halogens is 2. The Morgan fingerprint density at radius 1 is 1.19 bits per heavy atom.